The molecular weight excluding hydrogens is 420 g/mol. The van der Waals surface area contributed by atoms with Gasteiger partial charge in [-0.1, -0.05) is 39.2 Å². The lowest BCUT2D eigenvalue weighted by molar-refractivity contribution is -0.165. The molecule has 3 fully saturated rings. The third-order valence-electron chi connectivity index (χ3n) is 10.4. The summed E-state index contributed by atoms with van der Waals surface area (Å²) < 4.78 is 0. The van der Waals surface area contributed by atoms with E-state index in [1.165, 1.54) is 24.8 Å². The molecule has 0 aromatic heterocycles. The highest BCUT2D eigenvalue weighted by Gasteiger charge is 2.67. The lowest BCUT2D eigenvalue weighted by atomic mass is 9.45. The summed E-state index contributed by atoms with van der Waals surface area (Å²) in [7, 11) is 0. The van der Waals surface area contributed by atoms with Gasteiger partial charge in [-0.2, -0.15) is 11.8 Å². The second-order valence-electron chi connectivity index (χ2n) is 11.5. The summed E-state index contributed by atoms with van der Waals surface area (Å²) in [5, 5.41) is 20.7. The van der Waals surface area contributed by atoms with Gasteiger partial charge in [-0.15, -0.1) is 0 Å². The first kappa shape index (κ1) is 24.3. The molecule has 32 heavy (non-hydrogen) atoms. The number of hydrogen-bond donors (Lipinski definition) is 2. The molecule has 180 valence electrons. The van der Waals surface area contributed by atoms with Crippen molar-refractivity contribution in [3.8, 4) is 0 Å². The van der Waals surface area contributed by atoms with Crippen LogP contribution in [-0.2, 0) is 9.59 Å². The summed E-state index contributed by atoms with van der Waals surface area (Å²) in [5.41, 5.74) is 0.414. The van der Waals surface area contributed by atoms with Crippen LogP contribution < -0.4 is 0 Å². The first-order chi connectivity index (χ1) is 15.2. The Morgan fingerprint density at radius 3 is 2.59 bits per heavy atom. The molecule has 4 rings (SSSR count). The Hall–Kier alpha value is -0.810. The number of fused-ring (bicyclic) bond motifs is 5. The fourth-order valence-corrected chi connectivity index (χ4v) is 10.0. The number of carbonyl (C=O) groups excluding carboxylic acids is 1. The van der Waals surface area contributed by atoms with Gasteiger partial charge in [0.1, 0.15) is 0 Å². The average Bonchev–Trinajstić information content (AvgIpc) is 3.06. The first-order valence-electron chi connectivity index (χ1n) is 12.9. The molecule has 3 saturated carbocycles. The highest BCUT2D eigenvalue weighted by molar-refractivity contribution is 7.99. The molecule has 0 radical (unpaired) electrons. The van der Waals surface area contributed by atoms with Gasteiger partial charge in [0.2, 0.25) is 0 Å². The minimum atomic E-state index is -0.797. The Kier molecular flexibility index (Phi) is 6.91. The van der Waals surface area contributed by atoms with Crippen molar-refractivity contribution in [3.63, 3.8) is 0 Å². The molecule has 0 heterocycles. The van der Waals surface area contributed by atoms with E-state index in [1.807, 2.05) is 6.08 Å². The van der Waals surface area contributed by atoms with Gasteiger partial charge < -0.3 is 10.2 Å². The molecule has 4 nitrogen and oxygen atoms in total. The maximum Gasteiger partial charge on any atom is 0.310 e. The fourth-order valence-electron chi connectivity index (χ4n) is 8.45. The van der Waals surface area contributed by atoms with Crippen molar-refractivity contribution in [2.45, 2.75) is 96.7 Å². The number of aliphatic hydroxyl groups excluding tert-OH is 1. The highest BCUT2D eigenvalue weighted by atomic mass is 32.2. The molecule has 0 aromatic carbocycles. The van der Waals surface area contributed by atoms with Gasteiger partial charge in [-0.05, 0) is 91.8 Å². The summed E-state index contributed by atoms with van der Waals surface area (Å²) in [5.74, 6) is 2.19. The number of carboxylic acid groups (broad SMARTS) is 1. The molecular formula is C27H42O4S. The van der Waals surface area contributed by atoms with Gasteiger partial charge in [0.25, 0.3) is 0 Å². The summed E-state index contributed by atoms with van der Waals surface area (Å²) in [6.07, 6.45) is 12.3. The van der Waals surface area contributed by atoms with Crippen LogP contribution in [0.2, 0.25) is 0 Å². The number of hydrogen-bond acceptors (Lipinski definition) is 4. The van der Waals surface area contributed by atoms with E-state index in [1.54, 1.807) is 0 Å². The van der Waals surface area contributed by atoms with Crippen molar-refractivity contribution in [2.75, 3.05) is 12.4 Å². The molecule has 0 aliphatic heterocycles. The number of ketones is 1. The predicted molar refractivity (Wildman–Crippen MR) is 130 cm³/mol. The van der Waals surface area contributed by atoms with Gasteiger partial charge in [0.05, 0.1) is 5.41 Å². The monoisotopic (exact) mass is 462 g/mol. The Morgan fingerprint density at radius 2 is 1.91 bits per heavy atom. The number of aliphatic carboxylic acids is 1. The molecule has 4 aliphatic rings. The van der Waals surface area contributed by atoms with Crippen LogP contribution in [0.5, 0.6) is 0 Å². The van der Waals surface area contributed by atoms with Crippen LogP contribution in [0.1, 0.15) is 91.4 Å². The smallest absolute Gasteiger partial charge is 0.310 e. The van der Waals surface area contributed by atoms with Crippen molar-refractivity contribution in [1.29, 1.82) is 0 Å². The molecule has 5 heteroatoms. The number of carboxylic acids is 1. The molecule has 0 saturated heterocycles. The van der Waals surface area contributed by atoms with E-state index < -0.39 is 11.4 Å². The lowest BCUT2D eigenvalue weighted by Crippen LogP contribution is -2.57. The van der Waals surface area contributed by atoms with E-state index in [0.29, 0.717) is 48.0 Å². The standard InChI is InChI=1S/C27H42O4S/c1-4-5-6-15-32-22-17-18-16-19(29)7-10-25(18,2)20-8-11-26(3)21(23(20)22)9-12-27(26,13-14-28)24(30)31/h16,20-23,28H,4-15,17H2,1-3H3,(H,30,31)/t20-,21-,22+,23+,25-,26-,27-/m0/s1. The van der Waals surface area contributed by atoms with E-state index in [2.05, 4.69) is 32.5 Å². The molecule has 0 unspecified atom stereocenters. The van der Waals surface area contributed by atoms with Gasteiger partial charge in [-0.3, -0.25) is 9.59 Å². The maximum atomic E-state index is 12.6. The van der Waals surface area contributed by atoms with E-state index >= 15 is 0 Å². The summed E-state index contributed by atoms with van der Waals surface area (Å²) in [4.78, 5) is 24.9. The van der Waals surface area contributed by atoms with Crippen LogP contribution in [-0.4, -0.2) is 39.6 Å². The first-order valence-corrected chi connectivity index (χ1v) is 14.0. The van der Waals surface area contributed by atoms with E-state index in [0.717, 1.165) is 37.9 Å². The van der Waals surface area contributed by atoms with Crippen molar-refractivity contribution < 1.29 is 19.8 Å². The van der Waals surface area contributed by atoms with E-state index in [4.69, 9.17) is 0 Å². The Morgan fingerprint density at radius 1 is 1.16 bits per heavy atom. The van der Waals surface area contributed by atoms with Gasteiger partial charge in [-0.25, -0.2) is 0 Å². The average molecular weight is 463 g/mol. The molecule has 7 atom stereocenters. The van der Waals surface area contributed by atoms with Crippen LogP contribution in [0.25, 0.3) is 0 Å². The molecule has 0 amide bonds. The van der Waals surface area contributed by atoms with Crippen molar-refractivity contribution in [1.82, 2.24) is 0 Å². The predicted octanol–water partition coefficient (Wildman–Crippen LogP) is 5.87. The molecule has 0 aromatic rings. The minimum absolute atomic E-state index is 0.0510. The van der Waals surface area contributed by atoms with E-state index in [9.17, 15) is 19.8 Å². The zero-order chi connectivity index (χ0) is 23.1. The molecule has 4 aliphatic carbocycles. The maximum absolute atomic E-state index is 12.6. The Labute approximate surface area is 198 Å². The van der Waals surface area contributed by atoms with E-state index in [-0.39, 0.29) is 17.4 Å². The zero-order valence-corrected chi connectivity index (χ0v) is 21.0. The summed E-state index contributed by atoms with van der Waals surface area (Å²) in [6, 6.07) is 0. The SMILES string of the molecule is CCCCCS[C@@H]1CC2=CC(=O)CC[C@]2(C)[C@H]2CC[C@@]3(C)[C@@H](CC[C@]3(CCO)C(=O)O)[C@H]12. The minimum Gasteiger partial charge on any atom is -0.481 e. The third-order valence-corrected chi connectivity index (χ3v) is 11.8. The number of unbranched alkanes of at least 4 members (excludes halogenated alkanes) is 2. The number of carbonyl (C=O) groups is 2. The van der Waals surface area contributed by atoms with Crippen molar-refractivity contribution in [3.05, 3.63) is 11.6 Å². The lowest BCUT2D eigenvalue weighted by Gasteiger charge is -2.61. The summed E-state index contributed by atoms with van der Waals surface area (Å²) in [6.45, 7) is 6.83. The molecule has 0 bridgehead atoms. The largest absolute Gasteiger partial charge is 0.481 e. The van der Waals surface area contributed by atoms with Crippen molar-refractivity contribution >= 4 is 23.5 Å². The zero-order valence-electron chi connectivity index (χ0n) is 20.2. The van der Waals surface area contributed by atoms with Crippen LogP contribution in [0.3, 0.4) is 0 Å². The Balaban J connectivity index is 1.70. The molecule has 2 N–H and O–H groups in total. The van der Waals surface area contributed by atoms with Crippen LogP contribution >= 0.6 is 11.8 Å². The van der Waals surface area contributed by atoms with Gasteiger partial charge >= 0.3 is 5.97 Å². The quantitative estimate of drug-likeness (QED) is 0.441. The van der Waals surface area contributed by atoms with Crippen molar-refractivity contribution in [2.24, 2.45) is 34.0 Å². The Bertz CT molecular complexity index is 778. The van der Waals surface area contributed by atoms with Gasteiger partial charge in [0, 0.05) is 18.3 Å². The number of aliphatic hydroxyl groups is 1. The fraction of sp³-hybridized carbons (Fsp3) is 0.852. The highest BCUT2D eigenvalue weighted by Crippen LogP contribution is 2.71. The number of allylic oxidation sites excluding steroid dienone is 1. The van der Waals surface area contributed by atoms with Crippen LogP contribution in [0.15, 0.2) is 11.6 Å². The number of thioether (sulfide) groups is 1. The topological polar surface area (TPSA) is 74.6 Å². The second kappa shape index (κ2) is 9.09. The van der Waals surface area contributed by atoms with Crippen LogP contribution in [0, 0.1) is 34.0 Å². The third kappa shape index (κ3) is 3.61. The summed E-state index contributed by atoms with van der Waals surface area (Å²) >= 11 is 2.10. The second-order valence-corrected chi connectivity index (χ2v) is 12.9. The van der Waals surface area contributed by atoms with Crippen LogP contribution in [0.4, 0.5) is 0 Å². The normalized spacial score (nSPS) is 43.2. The molecule has 0 spiro atoms. The number of rotatable bonds is 8. The van der Waals surface area contributed by atoms with Gasteiger partial charge in [0.15, 0.2) is 5.78 Å².